The number of ether oxygens (including phenoxy) is 1. The van der Waals surface area contributed by atoms with Gasteiger partial charge in [0.2, 0.25) is 6.41 Å². The molecule has 3 rings (SSSR count). The Morgan fingerprint density at radius 1 is 1.33 bits per heavy atom. The van der Waals surface area contributed by atoms with Gasteiger partial charge >= 0.3 is 0 Å². The molecule has 0 saturated carbocycles. The zero-order valence-corrected chi connectivity index (χ0v) is 14.8. The smallest absolute Gasteiger partial charge is 0.207 e. The van der Waals surface area contributed by atoms with E-state index in [0.717, 1.165) is 57.6 Å². The SMILES string of the molecule is CCCC(NC=O)C1COc2cccc(N3CCN(C)CC3)c2C1. The van der Waals surface area contributed by atoms with Crippen molar-refractivity contribution in [3.8, 4) is 5.75 Å². The highest BCUT2D eigenvalue weighted by Crippen LogP contribution is 2.36. The highest BCUT2D eigenvalue weighted by molar-refractivity contribution is 5.60. The van der Waals surface area contributed by atoms with Gasteiger partial charge < -0.3 is 19.9 Å². The summed E-state index contributed by atoms with van der Waals surface area (Å²) in [5.74, 6) is 1.36. The van der Waals surface area contributed by atoms with Crippen molar-refractivity contribution in [3.63, 3.8) is 0 Å². The van der Waals surface area contributed by atoms with Gasteiger partial charge in [-0.1, -0.05) is 19.4 Å². The molecule has 0 aliphatic carbocycles. The molecule has 1 amide bonds. The number of rotatable bonds is 6. The minimum Gasteiger partial charge on any atom is -0.493 e. The maximum absolute atomic E-state index is 11.0. The molecule has 1 aromatic rings. The first-order valence-electron chi connectivity index (χ1n) is 9.10. The molecule has 2 atom stereocenters. The first-order valence-corrected chi connectivity index (χ1v) is 9.10. The Bertz CT molecular complexity index is 556. The van der Waals surface area contributed by atoms with E-state index in [1.807, 2.05) is 0 Å². The van der Waals surface area contributed by atoms with Crippen molar-refractivity contribution < 1.29 is 9.53 Å². The van der Waals surface area contributed by atoms with Crippen molar-refractivity contribution in [2.45, 2.75) is 32.2 Å². The third-order valence-corrected chi connectivity index (χ3v) is 5.32. The Balaban J connectivity index is 1.80. The summed E-state index contributed by atoms with van der Waals surface area (Å²) in [6.07, 6.45) is 3.87. The van der Waals surface area contributed by atoms with Crippen molar-refractivity contribution in [3.05, 3.63) is 23.8 Å². The lowest BCUT2D eigenvalue weighted by Crippen LogP contribution is -2.45. The fraction of sp³-hybridized carbons (Fsp3) is 0.632. The van der Waals surface area contributed by atoms with Gasteiger partial charge in [-0.15, -0.1) is 0 Å². The number of nitrogens with zero attached hydrogens (tertiary/aromatic N) is 2. The normalized spacial score (nSPS) is 22.4. The summed E-state index contributed by atoms with van der Waals surface area (Å²) in [5, 5.41) is 3.01. The fourth-order valence-corrected chi connectivity index (χ4v) is 3.87. The summed E-state index contributed by atoms with van der Waals surface area (Å²) in [4.78, 5) is 15.8. The second-order valence-corrected chi connectivity index (χ2v) is 7.00. The van der Waals surface area contributed by atoms with E-state index >= 15 is 0 Å². The van der Waals surface area contributed by atoms with E-state index in [1.54, 1.807) is 0 Å². The molecular weight excluding hydrogens is 302 g/mol. The van der Waals surface area contributed by atoms with Gasteiger partial charge in [-0.3, -0.25) is 4.79 Å². The van der Waals surface area contributed by atoms with E-state index in [1.165, 1.54) is 11.3 Å². The third-order valence-electron chi connectivity index (χ3n) is 5.32. The molecule has 5 heteroatoms. The average Bonchev–Trinajstić information content (AvgIpc) is 2.61. The molecular formula is C19H29N3O2. The number of piperazine rings is 1. The molecule has 1 aromatic carbocycles. The lowest BCUT2D eigenvalue weighted by Gasteiger charge is -2.38. The summed E-state index contributed by atoms with van der Waals surface area (Å²) < 4.78 is 6.07. The highest BCUT2D eigenvalue weighted by atomic mass is 16.5. The Kier molecular flexibility index (Phi) is 5.61. The van der Waals surface area contributed by atoms with Crippen LogP contribution in [0.5, 0.6) is 5.75 Å². The summed E-state index contributed by atoms with van der Waals surface area (Å²) in [6, 6.07) is 6.59. The average molecular weight is 331 g/mol. The number of benzene rings is 1. The number of hydrogen-bond donors (Lipinski definition) is 1. The molecule has 0 spiro atoms. The number of fused-ring (bicyclic) bond motifs is 1. The monoisotopic (exact) mass is 331 g/mol. The molecule has 1 N–H and O–H groups in total. The quantitative estimate of drug-likeness (QED) is 0.809. The third kappa shape index (κ3) is 3.66. The van der Waals surface area contributed by atoms with Crippen LogP contribution >= 0.6 is 0 Å². The zero-order chi connectivity index (χ0) is 16.9. The zero-order valence-electron chi connectivity index (χ0n) is 14.8. The lowest BCUT2D eigenvalue weighted by atomic mass is 9.87. The molecule has 132 valence electrons. The highest BCUT2D eigenvalue weighted by Gasteiger charge is 2.30. The molecule has 2 aliphatic heterocycles. The van der Waals surface area contributed by atoms with Crippen molar-refractivity contribution in [2.75, 3.05) is 44.7 Å². The predicted molar refractivity (Wildman–Crippen MR) is 96.7 cm³/mol. The molecule has 2 aliphatic rings. The van der Waals surface area contributed by atoms with Gasteiger partial charge in [-0.05, 0) is 32.0 Å². The van der Waals surface area contributed by atoms with Crippen molar-refractivity contribution in [1.82, 2.24) is 10.2 Å². The van der Waals surface area contributed by atoms with E-state index in [4.69, 9.17) is 4.74 Å². The fourth-order valence-electron chi connectivity index (χ4n) is 3.87. The van der Waals surface area contributed by atoms with Crippen molar-refractivity contribution in [2.24, 2.45) is 5.92 Å². The van der Waals surface area contributed by atoms with Gasteiger partial charge in [0.05, 0.1) is 6.61 Å². The summed E-state index contributed by atoms with van der Waals surface area (Å²) in [5.41, 5.74) is 2.62. The van der Waals surface area contributed by atoms with Gasteiger partial charge in [0.25, 0.3) is 0 Å². The molecule has 0 aromatic heterocycles. The Labute approximate surface area is 145 Å². The van der Waals surface area contributed by atoms with Crippen LogP contribution in [0.2, 0.25) is 0 Å². The van der Waals surface area contributed by atoms with E-state index in [0.29, 0.717) is 12.5 Å². The number of hydrogen-bond acceptors (Lipinski definition) is 4. The number of carbonyl (C=O) groups is 1. The van der Waals surface area contributed by atoms with Crippen LogP contribution in [-0.2, 0) is 11.2 Å². The minimum atomic E-state index is 0.196. The number of likely N-dealkylation sites (N-methyl/N-ethyl adjacent to an activating group) is 1. The summed E-state index contributed by atoms with van der Waals surface area (Å²) in [6.45, 7) is 7.15. The minimum absolute atomic E-state index is 0.196. The standard InChI is InChI=1S/C19H29N3O2/c1-3-5-17(20-14-23)15-12-16-18(6-4-7-19(16)24-13-15)22-10-8-21(2)9-11-22/h4,6-7,14-15,17H,3,5,8-13H2,1-2H3,(H,20,23). The van der Waals surface area contributed by atoms with Crippen LogP contribution in [0.25, 0.3) is 0 Å². The van der Waals surface area contributed by atoms with Crippen LogP contribution in [0.3, 0.4) is 0 Å². The maximum atomic E-state index is 11.0. The second kappa shape index (κ2) is 7.88. The van der Waals surface area contributed by atoms with Gasteiger partial charge in [0.15, 0.2) is 0 Å². The predicted octanol–water partition coefficient (Wildman–Crippen LogP) is 1.90. The van der Waals surface area contributed by atoms with Crippen molar-refractivity contribution >= 4 is 12.1 Å². The van der Waals surface area contributed by atoms with E-state index in [9.17, 15) is 4.79 Å². The van der Waals surface area contributed by atoms with Crippen LogP contribution in [0, 0.1) is 5.92 Å². The van der Waals surface area contributed by atoms with Gasteiger partial charge in [-0.2, -0.15) is 0 Å². The molecule has 1 saturated heterocycles. The van der Waals surface area contributed by atoms with E-state index in [-0.39, 0.29) is 6.04 Å². The second-order valence-electron chi connectivity index (χ2n) is 7.00. The Hall–Kier alpha value is -1.75. The first-order chi connectivity index (χ1) is 11.7. The van der Waals surface area contributed by atoms with Crippen LogP contribution in [0.1, 0.15) is 25.3 Å². The summed E-state index contributed by atoms with van der Waals surface area (Å²) in [7, 11) is 2.18. The number of carbonyl (C=O) groups excluding carboxylic acids is 1. The van der Waals surface area contributed by atoms with Crippen LogP contribution in [0.15, 0.2) is 18.2 Å². The molecule has 0 radical (unpaired) electrons. The Morgan fingerprint density at radius 3 is 2.83 bits per heavy atom. The van der Waals surface area contributed by atoms with E-state index in [2.05, 4.69) is 47.3 Å². The maximum Gasteiger partial charge on any atom is 0.207 e. The van der Waals surface area contributed by atoms with Crippen LogP contribution < -0.4 is 15.0 Å². The first kappa shape index (κ1) is 17.1. The number of anilines is 1. The molecule has 0 bridgehead atoms. The molecule has 24 heavy (non-hydrogen) atoms. The number of amides is 1. The molecule has 2 unspecified atom stereocenters. The van der Waals surface area contributed by atoms with Gasteiger partial charge in [0, 0.05) is 49.4 Å². The topological polar surface area (TPSA) is 44.8 Å². The van der Waals surface area contributed by atoms with Crippen LogP contribution in [-0.4, -0.2) is 57.2 Å². The Morgan fingerprint density at radius 2 is 2.12 bits per heavy atom. The van der Waals surface area contributed by atoms with E-state index < -0.39 is 0 Å². The van der Waals surface area contributed by atoms with Crippen molar-refractivity contribution in [1.29, 1.82) is 0 Å². The lowest BCUT2D eigenvalue weighted by molar-refractivity contribution is -0.110. The van der Waals surface area contributed by atoms with Gasteiger partial charge in [0.1, 0.15) is 5.75 Å². The largest absolute Gasteiger partial charge is 0.493 e. The van der Waals surface area contributed by atoms with Gasteiger partial charge in [-0.25, -0.2) is 0 Å². The van der Waals surface area contributed by atoms with Crippen LogP contribution in [0.4, 0.5) is 5.69 Å². The molecule has 1 fully saturated rings. The number of nitrogens with one attached hydrogen (secondary N) is 1. The molecule has 2 heterocycles. The molecule has 5 nitrogen and oxygen atoms in total. The summed E-state index contributed by atoms with van der Waals surface area (Å²) >= 11 is 0.